The summed E-state index contributed by atoms with van der Waals surface area (Å²) < 4.78 is 1.77. The van der Waals surface area contributed by atoms with Gasteiger partial charge in [0, 0.05) is 43.7 Å². The van der Waals surface area contributed by atoms with Crippen LogP contribution >= 0.6 is 0 Å². The van der Waals surface area contributed by atoms with Crippen molar-refractivity contribution in [3.05, 3.63) is 41.3 Å². The van der Waals surface area contributed by atoms with E-state index in [-0.39, 0.29) is 5.91 Å². The third kappa shape index (κ3) is 3.81. The zero-order valence-electron chi connectivity index (χ0n) is 12.7. The normalized spacial score (nSPS) is 10.4. The molecule has 0 aliphatic rings. The Morgan fingerprint density at radius 2 is 2.19 bits per heavy atom. The summed E-state index contributed by atoms with van der Waals surface area (Å²) in [5.41, 5.74) is 2.66. The number of carbonyl (C=O) groups excluding carboxylic acids is 1. The standard InChI is InChI=1S/C15H21N5O/c1-4-13-12(10-20(3)19-13)9-18-15(21)11-6-7-17-14(8-11)16-5-2/h6-8,10H,4-5,9H2,1-3H3,(H,16,17)(H,18,21). The molecule has 0 aliphatic heterocycles. The number of aromatic nitrogens is 3. The van der Waals surface area contributed by atoms with Gasteiger partial charge >= 0.3 is 0 Å². The minimum Gasteiger partial charge on any atom is -0.370 e. The summed E-state index contributed by atoms with van der Waals surface area (Å²) in [5.74, 6) is 0.600. The van der Waals surface area contributed by atoms with E-state index in [0.717, 1.165) is 24.2 Å². The van der Waals surface area contributed by atoms with Crippen LogP contribution in [0.2, 0.25) is 0 Å². The number of anilines is 1. The highest BCUT2D eigenvalue weighted by Gasteiger charge is 2.10. The number of nitrogens with zero attached hydrogens (tertiary/aromatic N) is 3. The lowest BCUT2D eigenvalue weighted by molar-refractivity contribution is 0.0951. The van der Waals surface area contributed by atoms with E-state index < -0.39 is 0 Å². The van der Waals surface area contributed by atoms with E-state index in [2.05, 4.69) is 27.6 Å². The van der Waals surface area contributed by atoms with Crippen molar-refractivity contribution in [1.29, 1.82) is 0 Å². The topological polar surface area (TPSA) is 71.8 Å². The molecule has 0 radical (unpaired) electrons. The minimum atomic E-state index is -0.109. The number of carbonyl (C=O) groups is 1. The molecule has 6 nitrogen and oxygen atoms in total. The van der Waals surface area contributed by atoms with Crippen molar-refractivity contribution in [3.63, 3.8) is 0 Å². The van der Waals surface area contributed by atoms with Gasteiger partial charge in [0.2, 0.25) is 0 Å². The van der Waals surface area contributed by atoms with Gasteiger partial charge in [-0.25, -0.2) is 4.98 Å². The highest BCUT2D eigenvalue weighted by Crippen LogP contribution is 2.09. The van der Waals surface area contributed by atoms with Crippen LogP contribution in [-0.4, -0.2) is 27.2 Å². The number of aryl methyl sites for hydroxylation is 2. The quantitative estimate of drug-likeness (QED) is 0.849. The maximum absolute atomic E-state index is 12.2. The van der Waals surface area contributed by atoms with Crippen LogP contribution in [0.4, 0.5) is 5.82 Å². The second-order valence-corrected chi connectivity index (χ2v) is 4.77. The summed E-state index contributed by atoms with van der Waals surface area (Å²) in [6.45, 7) is 5.30. The van der Waals surface area contributed by atoms with Crippen LogP contribution < -0.4 is 10.6 Å². The first kappa shape index (κ1) is 15.0. The Hall–Kier alpha value is -2.37. The fraction of sp³-hybridized carbons (Fsp3) is 0.400. The molecule has 0 aliphatic carbocycles. The van der Waals surface area contributed by atoms with Crippen molar-refractivity contribution in [1.82, 2.24) is 20.1 Å². The molecule has 0 saturated carbocycles. The van der Waals surface area contributed by atoms with Crippen molar-refractivity contribution in [2.24, 2.45) is 7.05 Å². The molecule has 21 heavy (non-hydrogen) atoms. The van der Waals surface area contributed by atoms with Gasteiger partial charge in [0.15, 0.2) is 0 Å². The Balaban J connectivity index is 2.02. The smallest absolute Gasteiger partial charge is 0.251 e. The molecular formula is C15H21N5O. The molecule has 6 heteroatoms. The molecule has 0 unspecified atom stereocenters. The van der Waals surface area contributed by atoms with Crippen molar-refractivity contribution < 1.29 is 4.79 Å². The molecule has 0 bridgehead atoms. The van der Waals surface area contributed by atoms with E-state index in [1.54, 1.807) is 23.0 Å². The van der Waals surface area contributed by atoms with Gasteiger partial charge in [0.25, 0.3) is 5.91 Å². The molecule has 0 spiro atoms. The largest absolute Gasteiger partial charge is 0.370 e. The molecule has 0 atom stereocenters. The van der Waals surface area contributed by atoms with Crippen molar-refractivity contribution >= 4 is 11.7 Å². The van der Waals surface area contributed by atoms with Crippen LogP contribution in [-0.2, 0) is 20.0 Å². The first-order chi connectivity index (χ1) is 10.1. The lowest BCUT2D eigenvalue weighted by atomic mass is 10.2. The van der Waals surface area contributed by atoms with Crippen molar-refractivity contribution in [2.45, 2.75) is 26.8 Å². The third-order valence-electron chi connectivity index (χ3n) is 3.15. The molecule has 1 amide bonds. The predicted octanol–water partition coefficient (Wildman–Crippen LogP) is 1.74. The molecule has 0 fully saturated rings. The van der Waals surface area contributed by atoms with Gasteiger partial charge in [0.1, 0.15) is 5.82 Å². The maximum atomic E-state index is 12.2. The highest BCUT2D eigenvalue weighted by molar-refractivity contribution is 5.94. The molecule has 112 valence electrons. The predicted molar refractivity (Wildman–Crippen MR) is 82.2 cm³/mol. The number of hydrogen-bond donors (Lipinski definition) is 2. The van der Waals surface area contributed by atoms with Crippen LogP contribution in [0.25, 0.3) is 0 Å². The number of hydrogen-bond acceptors (Lipinski definition) is 4. The number of rotatable bonds is 6. The van der Waals surface area contributed by atoms with Gasteiger partial charge in [-0.1, -0.05) is 6.92 Å². The van der Waals surface area contributed by atoms with E-state index in [0.29, 0.717) is 17.9 Å². The Morgan fingerprint density at radius 1 is 1.38 bits per heavy atom. The maximum Gasteiger partial charge on any atom is 0.251 e. The van der Waals surface area contributed by atoms with Gasteiger partial charge in [0.05, 0.1) is 5.69 Å². The average Bonchev–Trinajstić information content (AvgIpc) is 2.85. The Morgan fingerprint density at radius 3 is 2.90 bits per heavy atom. The number of nitrogens with one attached hydrogen (secondary N) is 2. The molecule has 2 rings (SSSR count). The first-order valence-electron chi connectivity index (χ1n) is 7.13. The molecule has 2 heterocycles. The molecule has 0 saturated heterocycles. The Labute approximate surface area is 124 Å². The lowest BCUT2D eigenvalue weighted by Crippen LogP contribution is -2.23. The Bertz CT molecular complexity index is 620. The van der Waals surface area contributed by atoms with Crippen molar-refractivity contribution in [2.75, 3.05) is 11.9 Å². The van der Waals surface area contributed by atoms with E-state index >= 15 is 0 Å². The summed E-state index contributed by atoms with van der Waals surface area (Å²) >= 11 is 0. The number of pyridine rings is 1. The van der Waals surface area contributed by atoms with Crippen LogP contribution in [0.1, 0.15) is 35.5 Å². The van der Waals surface area contributed by atoms with E-state index in [1.165, 1.54) is 0 Å². The highest BCUT2D eigenvalue weighted by atomic mass is 16.1. The summed E-state index contributed by atoms with van der Waals surface area (Å²) in [4.78, 5) is 16.3. The van der Waals surface area contributed by atoms with Gasteiger partial charge in [-0.05, 0) is 25.5 Å². The van der Waals surface area contributed by atoms with Gasteiger partial charge in [-0.15, -0.1) is 0 Å². The zero-order valence-corrected chi connectivity index (χ0v) is 12.7. The number of amides is 1. The molecular weight excluding hydrogens is 266 g/mol. The molecule has 2 N–H and O–H groups in total. The fourth-order valence-corrected chi connectivity index (χ4v) is 2.16. The van der Waals surface area contributed by atoms with Gasteiger partial charge in [-0.3, -0.25) is 9.48 Å². The molecule has 2 aromatic rings. The summed E-state index contributed by atoms with van der Waals surface area (Å²) in [7, 11) is 1.88. The third-order valence-corrected chi connectivity index (χ3v) is 3.15. The summed E-state index contributed by atoms with van der Waals surface area (Å²) in [6.07, 6.45) is 4.43. The Kier molecular flexibility index (Phi) is 4.92. The second-order valence-electron chi connectivity index (χ2n) is 4.77. The van der Waals surface area contributed by atoms with Crippen molar-refractivity contribution in [3.8, 4) is 0 Å². The van der Waals surface area contributed by atoms with Gasteiger partial charge in [-0.2, -0.15) is 5.10 Å². The van der Waals surface area contributed by atoms with Gasteiger partial charge < -0.3 is 10.6 Å². The molecule has 0 aromatic carbocycles. The van der Waals surface area contributed by atoms with E-state index in [4.69, 9.17) is 0 Å². The van der Waals surface area contributed by atoms with Crippen LogP contribution in [0.5, 0.6) is 0 Å². The fourth-order valence-electron chi connectivity index (χ4n) is 2.16. The van der Waals surface area contributed by atoms with E-state index in [1.807, 2.05) is 20.2 Å². The zero-order chi connectivity index (χ0) is 15.2. The summed E-state index contributed by atoms with van der Waals surface area (Å²) in [6, 6.07) is 3.46. The van der Waals surface area contributed by atoms with Crippen LogP contribution in [0.3, 0.4) is 0 Å². The van der Waals surface area contributed by atoms with E-state index in [9.17, 15) is 4.79 Å². The second kappa shape index (κ2) is 6.88. The first-order valence-corrected chi connectivity index (χ1v) is 7.13. The molecule has 2 aromatic heterocycles. The summed E-state index contributed by atoms with van der Waals surface area (Å²) in [5, 5.41) is 10.4. The lowest BCUT2D eigenvalue weighted by Gasteiger charge is -2.07. The monoisotopic (exact) mass is 287 g/mol. The van der Waals surface area contributed by atoms with Crippen LogP contribution in [0, 0.1) is 0 Å². The van der Waals surface area contributed by atoms with Crippen LogP contribution in [0.15, 0.2) is 24.5 Å². The minimum absolute atomic E-state index is 0.109. The average molecular weight is 287 g/mol. The SMILES string of the molecule is CCNc1cc(C(=O)NCc2cn(C)nc2CC)ccn1.